The molecule has 0 saturated carbocycles. The molecule has 3 heterocycles. The van der Waals surface area contributed by atoms with Gasteiger partial charge in [0, 0.05) is 27.7 Å². The van der Waals surface area contributed by atoms with Crippen molar-refractivity contribution in [3.05, 3.63) is 63.5 Å². The topological polar surface area (TPSA) is 86.5 Å². The number of halogens is 2. The van der Waals surface area contributed by atoms with Crippen molar-refractivity contribution in [2.75, 3.05) is 17.8 Å². The third kappa shape index (κ3) is 3.31. The summed E-state index contributed by atoms with van der Waals surface area (Å²) in [6.45, 7) is 0.167. The fourth-order valence-corrected chi connectivity index (χ4v) is 4.55. The molecule has 6 nitrogen and oxygen atoms in total. The van der Waals surface area contributed by atoms with Crippen LogP contribution in [0.4, 0.5) is 11.4 Å². The molecule has 0 radical (unpaired) electrons. The molecule has 4 aromatic rings. The molecule has 5 rings (SSSR count). The van der Waals surface area contributed by atoms with Crippen molar-refractivity contribution in [1.82, 2.24) is 4.98 Å². The highest BCUT2D eigenvalue weighted by atomic mass is 35.5. The van der Waals surface area contributed by atoms with Gasteiger partial charge in [-0.15, -0.1) is 11.3 Å². The number of thiophene rings is 1. The van der Waals surface area contributed by atoms with E-state index in [0.29, 0.717) is 59.3 Å². The van der Waals surface area contributed by atoms with E-state index in [0.717, 1.165) is 0 Å². The highest BCUT2D eigenvalue weighted by Gasteiger charge is 2.20. The van der Waals surface area contributed by atoms with Gasteiger partial charge < -0.3 is 20.5 Å². The maximum absolute atomic E-state index is 12.8. The minimum absolute atomic E-state index is 0.167. The summed E-state index contributed by atoms with van der Waals surface area (Å²) in [5, 5.41) is 4.65. The SMILES string of the molecule is Nc1c(C(=O)Nc2ccc3c(c2)OCO3)sc2nc(-c3cc(Cl)ccc3Cl)ccc12. The Morgan fingerprint density at radius 2 is 1.90 bits per heavy atom. The molecule has 30 heavy (non-hydrogen) atoms. The quantitative estimate of drug-likeness (QED) is 0.403. The summed E-state index contributed by atoms with van der Waals surface area (Å²) in [6.07, 6.45) is 0. The van der Waals surface area contributed by atoms with Gasteiger partial charge in [-0.1, -0.05) is 23.2 Å². The number of amides is 1. The van der Waals surface area contributed by atoms with Gasteiger partial charge in [-0.05, 0) is 42.5 Å². The average molecular weight is 458 g/mol. The Labute approximate surface area is 185 Å². The molecule has 0 atom stereocenters. The van der Waals surface area contributed by atoms with Crippen LogP contribution in [0.15, 0.2) is 48.5 Å². The Kier molecular flexibility index (Phi) is 4.66. The first-order valence-corrected chi connectivity index (χ1v) is 10.4. The van der Waals surface area contributed by atoms with Crippen LogP contribution in [-0.4, -0.2) is 17.7 Å². The lowest BCUT2D eigenvalue weighted by molar-refractivity contribution is 0.103. The van der Waals surface area contributed by atoms with Gasteiger partial charge in [0.1, 0.15) is 9.71 Å². The molecule has 1 aliphatic heterocycles. The smallest absolute Gasteiger partial charge is 0.267 e. The molecule has 1 amide bonds. The lowest BCUT2D eigenvalue weighted by Crippen LogP contribution is -2.11. The second-order valence-corrected chi connectivity index (χ2v) is 8.38. The molecule has 0 spiro atoms. The van der Waals surface area contributed by atoms with E-state index in [9.17, 15) is 4.79 Å². The molecule has 0 bridgehead atoms. The highest BCUT2D eigenvalue weighted by molar-refractivity contribution is 7.21. The summed E-state index contributed by atoms with van der Waals surface area (Å²) < 4.78 is 10.6. The first-order chi connectivity index (χ1) is 14.5. The molecule has 9 heteroatoms. The monoisotopic (exact) mass is 457 g/mol. The van der Waals surface area contributed by atoms with Crippen LogP contribution in [0, 0.1) is 0 Å². The molecule has 2 aromatic heterocycles. The molecule has 0 fully saturated rings. The standard InChI is InChI=1S/C21H13Cl2N3O3S/c22-10-1-4-14(23)13(7-10)15-5-3-12-18(24)19(30-21(12)26-15)20(27)25-11-2-6-16-17(8-11)29-9-28-16/h1-8H,9,24H2,(H,25,27). The average Bonchev–Trinajstić information content (AvgIpc) is 3.33. The van der Waals surface area contributed by atoms with Crippen LogP contribution in [0.5, 0.6) is 11.5 Å². The van der Waals surface area contributed by atoms with Crippen LogP contribution in [-0.2, 0) is 0 Å². The number of nitrogens with two attached hydrogens (primary N) is 1. The minimum Gasteiger partial charge on any atom is -0.454 e. The lowest BCUT2D eigenvalue weighted by Gasteiger charge is -2.05. The summed E-state index contributed by atoms with van der Waals surface area (Å²) >= 11 is 13.6. The van der Waals surface area contributed by atoms with Gasteiger partial charge in [-0.2, -0.15) is 0 Å². The zero-order valence-corrected chi connectivity index (χ0v) is 17.6. The van der Waals surface area contributed by atoms with Crippen LogP contribution in [0.2, 0.25) is 10.0 Å². The molecule has 0 unspecified atom stereocenters. The zero-order valence-electron chi connectivity index (χ0n) is 15.2. The second kappa shape index (κ2) is 7.36. The summed E-state index contributed by atoms with van der Waals surface area (Å²) in [7, 11) is 0. The number of rotatable bonds is 3. The highest BCUT2D eigenvalue weighted by Crippen LogP contribution is 2.38. The fourth-order valence-electron chi connectivity index (χ4n) is 3.17. The molecule has 2 aromatic carbocycles. The number of aromatic nitrogens is 1. The van der Waals surface area contributed by atoms with Crippen LogP contribution >= 0.6 is 34.5 Å². The summed E-state index contributed by atoms with van der Waals surface area (Å²) in [6, 6.07) is 14.0. The number of carbonyl (C=O) groups excluding carboxylic acids is 1. The van der Waals surface area contributed by atoms with Gasteiger partial charge in [0.25, 0.3) is 5.91 Å². The minimum atomic E-state index is -0.322. The van der Waals surface area contributed by atoms with Crippen molar-refractivity contribution in [3.63, 3.8) is 0 Å². The van der Waals surface area contributed by atoms with Crippen LogP contribution in [0.25, 0.3) is 21.5 Å². The van der Waals surface area contributed by atoms with E-state index in [2.05, 4.69) is 10.3 Å². The van der Waals surface area contributed by atoms with Crippen LogP contribution in [0.1, 0.15) is 9.67 Å². The van der Waals surface area contributed by atoms with E-state index in [1.165, 1.54) is 11.3 Å². The molecule has 150 valence electrons. The van der Waals surface area contributed by atoms with Crippen LogP contribution in [0.3, 0.4) is 0 Å². The van der Waals surface area contributed by atoms with Crippen molar-refractivity contribution in [2.24, 2.45) is 0 Å². The third-order valence-corrected chi connectivity index (χ3v) is 6.31. The maximum atomic E-state index is 12.8. The zero-order chi connectivity index (χ0) is 20.8. The first-order valence-electron chi connectivity index (χ1n) is 8.85. The number of hydrogen-bond acceptors (Lipinski definition) is 6. The summed E-state index contributed by atoms with van der Waals surface area (Å²) in [5.74, 6) is 0.907. The normalized spacial score (nSPS) is 12.3. The van der Waals surface area contributed by atoms with Gasteiger partial charge in [0.05, 0.1) is 16.4 Å². The number of fused-ring (bicyclic) bond motifs is 2. The number of hydrogen-bond donors (Lipinski definition) is 2. The van der Waals surface area contributed by atoms with E-state index in [1.807, 2.05) is 12.1 Å². The molecule has 1 aliphatic rings. The van der Waals surface area contributed by atoms with E-state index < -0.39 is 0 Å². The number of benzene rings is 2. The Bertz CT molecular complexity index is 1320. The maximum Gasteiger partial charge on any atom is 0.267 e. The molecular weight excluding hydrogens is 445 g/mol. The number of pyridine rings is 1. The Balaban J connectivity index is 1.48. The van der Waals surface area contributed by atoms with Crippen molar-refractivity contribution in [1.29, 1.82) is 0 Å². The first kappa shape index (κ1) is 19.0. The van der Waals surface area contributed by atoms with E-state index in [4.69, 9.17) is 38.4 Å². The van der Waals surface area contributed by atoms with Gasteiger partial charge in [0.15, 0.2) is 11.5 Å². The Morgan fingerprint density at radius 3 is 2.77 bits per heavy atom. The predicted molar refractivity (Wildman–Crippen MR) is 120 cm³/mol. The predicted octanol–water partition coefficient (Wildman–Crippen LogP) is 5.83. The number of nitrogens with one attached hydrogen (secondary N) is 1. The number of ether oxygens (including phenoxy) is 2. The fraction of sp³-hybridized carbons (Fsp3) is 0.0476. The van der Waals surface area contributed by atoms with E-state index >= 15 is 0 Å². The van der Waals surface area contributed by atoms with Crippen molar-refractivity contribution < 1.29 is 14.3 Å². The van der Waals surface area contributed by atoms with Crippen molar-refractivity contribution in [2.45, 2.75) is 0 Å². The molecule has 0 aliphatic carbocycles. The van der Waals surface area contributed by atoms with Gasteiger partial charge >= 0.3 is 0 Å². The molecule has 3 N–H and O–H groups in total. The number of carbonyl (C=O) groups is 1. The van der Waals surface area contributed by atoms with E-state index in [-0.39, 0.29) is 12.7 Å². The largest absolute Gasteiger partial charge is 0.454 e. The van der Waals surface area contributed by atoms with Gasteiger partial charge in [-0.3, -0.25) is 4.79 Å². The van der Waals surface area contributed by atoms with E-state index in [1.54, 1.807) is 36.4 Å². The third-order valence-electron chi connectivity index (χ3n) is 4.63. The summed E-state index contributed by atoms with van der Waals surface area (Å²) in [5.41, 5.74) is 8.57. The second-order valence-electron chi connectivity index (χ2n) is 6.54. The van der Waals surface area contributed by atoms with Gasteiger partial charge in [-0.25, -0.2) is 4.98 Å². The van der Waals surface area contributed by atoms with Crippen molar-refractivity contribution in [3.8, 4) is 22.8 Å². The van der Waals surface area contributed by atoms with Gasteiger partial charge in [0.2, 0.25) is 6.79 Å². The van der Waals surface area contributed by atoms with Crippen LogP contribution < -0.4 is 20.5 Å². The lowest BCUT2D eigenvalue weighted by atomic mass is 10.1. The Morgan fingerprint density at radius 1 is 1.07 bits per heavy atom. The molecule has 0 saturated heterocycles. The molecular formula is C21H13Cl2N3O3S. The Hall–Kier alpha value is -3.00. The summed E-state index contributed by atoms with van der Waals surface area (Å²) in [4.78, 5) is 18.5. The number of nitrogen functional groups attached to an aromatic ring is 1. The number of nitrogens with zero attached hydrogens (tertiary/aromatic N) is 1. The van der Waals surface area contributed by atoms with Crippen molar-refractivity contribution >= 4 is 62.0 Å². The number of anilines is 2.